The highest BCUT2D eigenvalue weighted by Gasteiger charge is 2.25. The van der Waals surface area contributed by atoms with Gasteiger partial charge in [-0.15, -0.1) is 12.4 Å². The molecule has 1 aliphatic heterocycles. The molecule has 1 N–H and O–H groups in total. The van der Waals surface area contributed by atoms with Crippen molar-refractivity contribution in [2.75, 3.05) is 26.2 Å². The minimum atomic E-state index is 0. The van der Waals surface area contributed by atoms with Gasteiger partial charge in [0.2, 0.25) is 0 Å². The lowest BCUT2D eigenvalue weighted by atomic mass is 10.0. The molecule has 2 rings (SSSR count). The molecule has 0 aromatic heterocycles. The van der Waals surface area contributed by atoms with E-state index < -0.39 is 0 Å². The number of carbonyl (C=O) groups excluding carboxylic acids is 1. The van der Waals surface area contributed by atoms with Crippen LogP contribution in [0.4, 0.5) is 0 Å². The zero-order valence-corrected chi connectivity index (χ0v) is 14.6. The molecule has 0 saturated carbocycles. The van der Waals surface area contributed by atoms with Gasteiger partial charge in [0, 0.05) is 18.2 Å². The first-order valence-electron chi connectivity index (χ1n) is 8.11. The summed E-state index contributed by atoms with van der Waals surface area (Å²) in [6.07, 6.45) is 4.76. The fourth-order valence-corrected chi connectivity index (χ4v) is 2.82. The van der Waals surface area contributed by atoms with Gasteiger partial charge in [-0.25, -0.2) is 0 Å². The zero-order valence-electron chi connectivity index (χ0n) is 13.8. The topological polar surface area (TPSA) is 41.6 Å². The number of nitrogens with zero attached hydrogens (tertiary/aromatic N) is 1. The second-order valence-corrected chi connectivity index (χ2v) is 5.60. The number of ether oxygens (including phenoxy) is 1. The maximum absolute atomic E-state index is 12.8. The number of piperidine rings is 1. The molecule has 0 radical (unpaired) electrons. The molecule has 1 fully saturated rings. The Morgan fingerprint density at radius 1 is 1.35 bits per heavy atom. The van der Waals surface area contributed by atoms with Crippen LogP contribution in [0, 0.1) is 0 Å². The van der Waals surface area contributed by atoms with E-state index in [-0.39, 0.29) is 18.3 Å². The number of hydrogen-bond donors (Lipinski definition) is 1. The number of nitrogens with one attached hydrogen (secondary N) is 1. The van der Waals surface area contributed by atoms with E-state index in [1.165, 1.54) is 0 Å². The third-order valence-electron chi connectivity index (χ3n) is 3.94. The van der Waals surface area contributed by atoms with Crippen molar-refractivity contribution in [3.8, 4) is 5.75 Å². The molecule has 1 amide bonds. The van der Waals surface area contributed by atoms with Crippen LogP contribution in [0.2, 0.25) is 0 Å². The van der Waals surface area contributed by atoms with Gasteiger partial charge in [0.1, 0.15) is 12.4 Å². The number of carbonyl (C=O) groups is 1. The predicted molar refractivity (Wildman–Crippen MR) is 96.6 cm³/mol. The van der Waals surface area contributed by atoms with Gasteiger partial charge in [0.05, 0.1) is 0 Å². The van der Waals surface area contributed by atoms with E-state index in [0.29, 0.717) is 12.6 Å². The molecule has 0 spiro atoms. The summed E-state index contributed by atoms with van der Waals surface area (Å²) in [6.45, 7) is 9.02. The molecule has 1 heterocycles. The van der Waals surface area contributed by atoms with Crippen molar-refractivity contribution in [3.05, 3.63) is 42.5 Å². The lowest BCUT2D eigenvalue weighted by Gasteiger charge is -2.34. The van der Waals surface area contributed by atoms with Crippen LogP contribution in [0.3, 0.4) is 0 Å². The molecule has 4 nitrogen and oxygen atoms in total. The monoisotopic (exact) mass is 338 g/mol. The smallest absolute Gasteiger partial charge is 0.254 e. The average Bonchev–Trinajstić information content (AvgIpc) is 2.58. The summed E-state index contributed by atoms with van der Waals surface area (Å²) >= 11 is 0. The van der Waals surface area contributed by atoms with Gasteiger partial charge >= 0.3 is 0 Å². The van der Waals surface area contributed by atoms with Gasteiger partial charge in [0.15, 0.2) is 0 Å². The van der Waals surface area contributed by atoms with E-state index in [9.17, 15) is 4.79 Å². The molecule has 1 aromatic rings. The maximum Gasteiger partial charge on any atom is 0.254 e. The van der Waals surface area contributed by atoms with Gasteiger partial charge in [-0.3, -0.25) is 4.79 Å². The van der Waals surface area contributed by atoms with Crippen molar-refractivity contribution in [3.63, 3.8) is 0 Å². The van der Waals surface area contributed by atoms with E-state index in [1.54, 1.807) is 6.08 Å². The first-order valence-corrected chi connectivity index (χ1v) is 8.11. The molecule has 1 aromatic carbocycles. The first kappa shape index (κ1) is 19.5. The fraction of sp³-hybridized carbons (Fsp3) is 0.500. The van der Waals surface area contributed by atoms with Crippen molar-refractivity contribution in [1.29, 1.82) is 0 Å². The Balaban J connectivity index is 0.00000264. The molecule has 0 bridgehead atoms. The summed E-state index contributed by atoms with van der Waals surface area (Å²) in [4.78, 5) is 14.9. The van der Waals surface area contributed by atoms with Crippen LogP contribution >= 0.6 is 12.4 Å². The Bertz CT molecular complexity index is 484. The number of rotatable bonds is 7. The second-order valence-electron chi connectivity index (χ2n) is 5.60. The van der Waals surface area contributed by atoms with Crippen LogP contribution in [0.15, 0.2) is 36.9 Å². The molecule has 1 saturated heterocycles. The first-order chi connectivity index (χ1) is 10.8. The fourth-order valence-electron chi connectivity index (χ4n) is 2.82. The van der Waals surface area contributed by atoms with Gasteiger partial charge in [-0.2, -0.15) is 0 Å². The minimum absolute atomic E-state index is 0. The summed E-state index contributed by atoms with van der Waals surface area (Å²) in [7, 11) is 0. The predicted octanol–water partition coefficient (Wildman–Crippen LogP) is 3.28. The van der Waals surface area contributed by atoms with Crippen LogP contribution in [0.1, 0.15) is 36.5 Å². The zero-order chi connectivity index (χ0) is 15.8. The van der Waals surface area contributed by atoms with E-state index in [2.05, 4.69) is 18.8 Å². The lowest BCUT2D eigenvalue weighted by Crippen LogP contribution is -2.46. The molecule has 5 heteroatoms. The van der Waals surface area contributed by atoms with Crippen LogP contribution in [-0.2, 0) is 0 Å². The standard InChI is InChI=1S/C18H26N2O2.ClH/c1-3-13-20(16-9-11-19-12-10-16)18(21)15-5-7-17(8-6-15)22-14-4-2;/h4-8,16,19H,2-3,9-14H2,1H3;1H. The number of benzene rings is 1. The van der Waals surface area contributed by atoms with Crippen LogP contribution in [0.5, 0.6) is 5.75 Å². The minimum Gasteiger partial charge on any atom is -0.490 e. The van der Waals surface area contributed by atoms with Crippen molar-refractivity contribution < 1.29 is 9.53 Å². The van der Waals surface area contributed by atoms with E-state index in [0.717, 1.165) is 50.2 Å². The van der Waals surface area contributed by atoms with Crippen LogP contribution < -0.4 is 10.1 Å². The van der Waals surface area contributed by atoms with Crippen molar-refractivity contribution in [1.82, 2.24) is 10.2 Å². The highest BCUT2D eigenvalue weighted by Crippen LogP contribution is 2.18. The van der Waals surface area contributed by atoms with E-state index >= 15 is 0 Å². The molecular formula is C18H27ClN2O2. The summed E-state index contributed by atoms with van der Waals surface area (Å²) < 4.78 is 5.46. The van der Waals surface area contributed by atoms with Crippen molar-refractivity contribution in [2.45, 2.75) is 32.2 Å². The molecule has 0 aliphatic carbocycles. The average molecular weight is 339 g/mol. The molecule has 1 aliphatic rings. The van der Waals surface area contributed by atoms with Crippen LogP contribution in [0.25, 0.3) is 0 Å². The Hall–Kier alpha value is -1.52. The number of halogens is 1. The maximum atomic E-state index is 12.8. The third kappa shape index (κ3) is 5.56. The third-order valence-corrected chi connectivity index (χ3v) is 3.94. The largest absolute Gasteiger partial charge is 0.490 e. The van der Waals surface area contributed by atoms with Crippen LogP contribution in [-0.4, -0.2) is 43.1 Å². The summed E-state index contributed by atoms with van der Waals surface area (Å²) in [5.41, 5.74) is 0.734. The molecule has 23 heavy (non-hydrogen) atoms. The number of hydrogen-bond acceptors (Lipinski definition) is 3. The quantitative estimate of drug-likeness (QED) is 0.776. The highest BCUT2D eigenvalue weighted by atomic mass is 35.5. The Labute approximate surface area is 145 Å². The van der Waals surface area contributed by atoms with Gasteiger partial charge in [0.25, 0.3) is 5.91 Å². The van der Waals surface area contributed by atoms with E-state index in [4.69, 9.17) is 4.74 Å². The van der Waals surface area contributed by atoms with E-state index in [1.807, 2.05) is 29.2 Å². The second kappa shape index (κ2) is 10.3. The molecule has 128 valence electrons. The van der Waals surface area contributed by atoms with Gasteiger partial charge in [-0.05, 0) is 56.6 Å². The summed E-state index contributed by atoms with van der Waals surface area (Å²) in [5, 5.41) is 3.35. The molecule has 0 atom stereocenters. The Morgan fingerprint density at radius 3 is 2.57 bits per heavy atom. The summed E-state index contributed by atoms with van der Waals surface area (Å²) in [6, 6.07) is 7.76. The van der Waals surface area contributed by atoms with Crippen molar-refractivity contribution in [2.24, 2.45) is 0 Å². The SMILES string of the molecule is C=CCOc1ccc(C(=O)N(CCC)C2CCNCC2)cc1.Cl. The highest BCUT2D eigenvalue weighted by molar-refractivity contribution is 5.94. The molecule has 0 unspecified atom stereocenters. The van der Waals surface area contributed by atoms with Crippen molar-refractivity contribution >= 4 is 18.3 Å². The Morgan fingerprint density at radius 2 is 2.00 bits per heavy atom. The van der Waals surface area contributed by atoms with Gasteiger partial charge in [-0.1, -0.05) is 19.6 Å². The molecular weight excluding hydrogens is 312 g/mol. The van der Waals surface area contributed by atoms with Gasteiger partial charge < -0.3 is 15.0 Å². The Kier molecular flexibility index (Phi) is 8.74. The summed E-state index contributed by atoms with van der Waals surface area (Å²) in [5.74, 6) is 0.893. The number of amides is 1. The normalized spacial score (nSPS) is 14.7. The lowest BCUT2D eigenvalue weighted by molar-refractivity contribution is 0.0642.